The molecular weight excluding hydrogens is 336 g/mol. The van der Waals surface area contributed by atoms with Crippen LogP contribution < -0.4 is 5.56 Å². The molecule has 0 aliphatic carbocycles. The van der Waals surface area contributed by atoms with Crippen LogP contribution in [0.3, 0.4) is 0 Å². The molecule has 0 bridgehead atoms. The molecule has 124 valence electrons. The number of hydrogen-bond acceptors (Lipinski definition) is 4. The van der Waals surface area contributed by atoms with Gasteiger partial charge in [0.1, 0.15) is 10.9 Å². The predicted octanol–water partition coefficient (Wildman–Crippen LogP) is 3.92. The Morgan fingerprint density at radius 1 is 1.20 bits per heavy atom. The van der Waals surface area contributed by atoms with Crippen LogP contribution in [0.4, 0.5) is 0 Å². The Bertz CT molecular complexity index is 1180. The van der Waals surface area contributed by atoms with Gasteiger partial charge in [-0.1, -0.05) is 36.4 Å². The van der Waals surface area contributed by atoms with Gasteiger partial charge in [-0.3, -0.25) is 9.36 Å². The Kier molecular flexibility index (Phi) is 3.62. The number of aromatic nitrogens is 2. The summed E-state index contributed by atoms with van der Waals surface area (Å²) < 4.78 is 1.17. The molecule has 0 aliphatic rings. The first-order valence-corrected chi connectivity index (χ1v) is 8.64. The molecule has 0 aliphatic heterocycles. The number of aliphatic carboxylic acids is 1. The molecule has 0 saturated heterocycles. The van der Waals surface area contributed by atoms with E-state index in [1.54, 1.807) is 0 Å². The minimum Gasteiger partial charge on any atom is -0.480 e. The second-order valence-corrected chi connectivity index (χ2v) is 6.72. The molecule has 0 radical (unpaired) electrons. The summed E-state index contributed by atoms with van der Waals surface area (Å²) in [6.45, 7) is 1.47. The van der Waals surface area contributed by atoms with E-state index >= 15 is 0 Å². The Labute approximate surface area is 146 Å². The topological polar surface area (TPSA) is 72.2 Å². The summed E-state index contributed by atoms with van der Waals surface area (Å²) in [4.78, 5) is 29.0. The number of hydrogen-bond donors (Lipinski definition) is 1. The number of fused-ring (bicyclic) bond motifs is 2. The number of nitrogens with zero attached hydrogens (tertiary/aromatic N) is 2. The summed E-state index contributed by atoms with van der Waals surface area (Å²) in [7, 11) is 0. The highest BCUT2D eigenvalue weighted by atomic mass is 32.1. The zero-order valence-corrected chi connectivity index (χ0v) is 14.2. The van der Waals surface area contributed by atoms with Gasteiger partial charge in [-0.15, -0.1) is 11.3 Å². The molecule has 0 unspecified atom stereocenters. The number of thiophene rings is 1. The van der Waals surface area contributed by atoms with E-state index in [2.05, 4.69) is 4.98 Å². The molecule has 4 aromatic rings. The van der Waals surface area contributed by atoms with E-state index < -0.39 is 12.0 Å². The lowest BCUT2D eigenvalue weighted by atomic mass is 10.0. The number of carbonyl (C=O) groups is 1. The van der Waals surface area contributed by atoms with Gasteiger partial charge < -0.3 is 5.11 Å². The summed E-state index contributed by atoms with van der Waals surface area (Å²) in [6.07, 6.45) is 1.31. The summed E-state index contributed by atoms with van der Waals surface area (Å²) in [5, 5.41) is 13.8. The highest BCUT2D eigenvalue weighted by Crippen LogP contribution is 2.32. The zero-order chi connectivity index (χ0) is 17.6. The van der Waals surface area contributed by atoms with Crippen molar-refractivity contribution in [1.29, 1.82) is 0 Å². The summed E-state index contributed by atoms with van der Waals surface area (Å²) in [5.41, 5.74) is 1.38. The van der Waals surface area contributed by atoms with E-state index in [0.717, 1.165) is 21.9 Å². The largest absolute Gasteiger partial charge is 0.480 e. The monoisotopic (exact) mass is 350 g/mol. The summed E-state index contributed by atoms with van der Waals surface area (Å²) in [5.74, 6) is -1.06. The second kappa shape index (κ2) is 5.82. The Hall–Kier alpha value is -2.99. The van der Waals surface area contributed by atoms with Crippen molar-refractivity contribution in [2.45, 2.75) is 13.0 Å². The van der Waals surface area contributed by atoms with Crippen molar-refractivity contribution in [2.75, 3.05) is 0 Å². The standard InChI is InChI=1S/C19H14N2O3S/c1-11(19(23)24)21-10-20-17-16(18(21)22)15(9-25-17)14-7-6-12-4-2-3-5-13(12)8-14/h2-11H,1H3,(H,23,24)/t11-/m1/s1. The lowest BCUT2D eigenvalue weighted by Gasteiger charge is -2.10. The fraction of sp³-hybridized carbons (Fsp3) is 0.105. The SMILES string of the molecule is C[C@H](C(=O)O)n1cnc2scc(-c3ccc4ccccc4c3)c2c1=O. The Morgan fingerprint density at radius 2 is 1.96 bits per heavy atom. The molecule has 2 aromatic heterocycles. The van der Waals surface area contributed by atoms with E-state index in [1.807, 2.05) is 47.8 Å². The van der Waals surface area contributed by atoms with E-state index in [0.29, 0.717) is 10.2 Å². The molecule has 25 heavy (non-hydrogen) atoms. The number of benzene rings is 2. The van der Waals surface area contributed by atoms with Crippen molar-refractivity contribution in [3.8, 4) is 11.1 Å². The van der Waals surface area contributed by atoms with E-state index in [-0.39, 0.29) is 5.56 Å². The van der Waals surface area contributed by atoms with Crippen LogP contribution in [0, 0.1) is 0 Å². The Balaban J connectivity index is 1.96. The van der Waals surface area contributed by atoms with E-state index in [4.69, 9.17) is 0 Å². The molecule has 0 spiro atoms. The van der Waals surface area contributed by atoms with Crippen LogP contribution in [0.5, 0.6) is 0 Å². The van der Waals surface area contributed by atoms with Gasteiger partial charge in [0.2, 0.25) is 0 Å². The van der Waals surface area contributed by atoms with Gasteiger partial charge >= 0.3 is 5.97 Å². The smallest absolute Gasteiger partial charge is 0.326 e. The van der Waals surface area contributed by atoms with Crippen LogP contribution in [0.2, 0.25) is 0 Å². The first-order chi connectivity index (χ1) is 12.1. The molecule has 2 heterocycles. The molecule has 2 aromatic carbocycles. The van der Waals surface area contributed by atoms with Crippen molar-refractivity contribution in [1.82, 2.24) is 9.55 Å². The number of rotatable bonds is 3. The minimum atomic E-state index is -1.06. The third kappa shape index (κ3) is 2.51. The van der Waals surface area contributed by atoms with Crippen LogP contribution in [0.25, 0.3) is 32.1 Å². The fourth-order valence-electron chi connectivity index (χ4n) is 2.91. The van der Waals surface area contributed by atoms with E-state index in [1.165, 1.54) is 29.2 Å². The van der Waals surface area contributed by atoms with Crippen molar-refractivity contribution in [3.05, 3.63) is 64.5 Å². The quantitative estimate of drug-likeness (QED) is 0.608. The lowest BCUT2D eigenvalue weighted by molar-refractivity contribution is -0.140. The average Bonchev–Trinajstić information content (AvgIpc) is 3.06. The second-order valence-electron chi connectivity index (χ2n) is 5.86. The maximum absolute atomic E-state index is 12.9. The van der Waals surface area contributed by atoms with Crippen LogP contribution in [0.15, 0.2) is 59.0 Å². The molecule has 4 rings (SSSR count). The van der Waals surface area contributed by atoms with Crippen molar-refractivity contribution in [2.24, 2.45) is 0 Å². The van der Waals surface area contributed by atoms with Crippen molar-refractivity contribution in [3.63, 3.8) is 0 Å². The Morgan fingerprint density at radius 3 is 2.72 bits per heavy atom. The minimum absolute atomic E-state index is 0.329. The van der Waals surface area contributed by atoms with E-state index in [9.17, 15) is 14.7 Å². The van der Waals surface area contributed by atoms with Gasteiger partial charge in [0.05, 0.1) is 11.7 Å². The third-order valence-electron chi connectivity index (χ3n) is 4.35. The van der Waals surface area contributed by atoms with Crippen LogP contribution in [0.1, 0.15) is 13.0 Å². The molecule has 1 N–H and O–H groups in total. The zero-order valence-electron chi connectivity index (χ0n) is 13.3. The highest BCUT2D eigenvalue weighted by Gasteiger charge is 2.19. The average molecular weight is 350 g/mol. The fourth-order valence-corrected chi connectivity index (χ4v) is 3.82. The molecule has 0 amide bonds. The van der Waals surface area contributed by atoms with Crippen LogP contribution in [-0.2, 0) is 4.79 Å². The van der Waals surface area contributed by atoms with Gasteiger partial charge in [-0.2, -0.15) is 0 Å². The normalized spacial score (nSPS) is 12.5. The summed E-state index contributed by atoms with van der Waals surface area (Å²) in [6, 6.07) is 13.1. The first-order valence-electron chi connectivity index (χ1n) is 7.76. The number of carboxylic acids is 1. The lowest BCUT2D eigenvalue weighted by Crippen LogP contribution is -2.28. The molecule has 1 atom stereocenters. The first kappa shape index (κ1) is 15.5. The van der Waals surface area contributed by atoms with Crippen molar-refractivity contribution < 1.29 is 9.90 Å². The molecule has 0 saturated carbocycles. The third-order valence-corrected chi connectivity index (χ3v) is 5.24. The molecular formula is C19H14N2O3S. The maximum atomic E-state index is 12.9. The van der Waals surface area contributed by atoms with Gasteiger partial charge in [-0.05, 0) is 29.3 Å². The van der Waals surface area contributed by atoms with Gasteiger partial charge in [0, 0.05) is 10.9 Å². The van der Waals surface area contributed by atoms with Crippen LogP contribution >= 0.6 is 11.3 Å². The molecule has 5 nitrogen and oxygen atoms in total. The van der Waals surface area contributed by atoms with Gasteiger partial charge in [0.15, 0.2) is 0 Å². The predicted molar refractivity (Wildman–Crippen MR) is 99.2 cm³/mol. The highest BCUT2D eigenvalue weighted by molar-refractivity contribution is 7.17. The maximum Gasteiger partial charge on any atom is 0.326 e. The molecule has 0 fully saturated rings. The summed E-state index contributed by atoms with van der Waals surface area (Å²) >= 11 is 1.39. The van der Waals surface area contributed by atoms with Crippen molar-refractivity contribution >= 4 is 38.3 Å². The van der Waals surface area contributed by atoms with Crippen LogP contribution in [-0.4, -0.2) is 20.6 Å². The van der Waals surface area contributed by atoms with Gasteiger partial charge in [-0.25, -0.2) is 9.78 Å². The van der Waals surface area contributed by atoms with Gasteiger partial charge in [0.25, 0.3) is 5.56 Å². The number of carboxylic acid groups (broad SMARTS) is 1. The molecule has 6 heteroatoms.